The Morgan fingerprint density at radius 1 is 1.44 bits per heavy atom. The summed E-state index contributed by atoms with van der Waals surface area (Å²) in [5.74, 6) is 2.77. The number of nitrogens with two attached hydrogens (primary N) is 1. The minimum atomic E-state index is 0.612. The summed E-state index contributed by atoms with van der Waals surface area (Å²) in [5.41, 5.74) is 5.51. The van der Waals surface area contributed by atoms with Gasteiger partial charge >= 0.3 is 0 Å². The highest BCUT2D eigenvalue weighted by Gasteiger charge is 2.16. The van der Waals surface area contributed by atoms with Crippen molar-refractivity contribution in [3.8, 4) is 0 Å². The van der Waals surface area contributed by atoms with Crippen molar-refractivity contribution in [2.45, 2.75) is 26.2 Å². The van der Waals surface area contributed by atoms with E-state index in [1.165, 1.54) is 12.8 Å². The Morgan fingerprint density at radius 2 is 2.19 bits per heavy atom. The molecule has 1 aromatic heterocycles. The Morgan fingerprint density at radius 3 is 2.88 bits per heavy atom. The fourth-order valence-corrected chi connectivity index (χ4v) is 2.05. The highest BCUT2D eigenvalue weighted by atomic mass is 15.2. The van der Waals surface area contributed by atoms with Crippen LogP contribution < -0.4 is 10.6 Å². The molecular formula is C12H20N4. The topological polar surface area (TPSA) is 55.0 Å². The van der Waals surface area contributed by atoms with E-state index in [1.54, 1.807) is 0 Å². The lowest BCUT2D eigenvalue weighted by Gasteiger charge is -2.31. The van der Waals surface area contributed by atoms with Gasteiger partial charge in [0.25, 0.3) is 0 Å². The van der Waals surface area contributed by atoms with Crippen LogP contribution in [0.5, 0.6) is 0 Å². The standard InChI is InChI=1S/C12H20N4/c1-10-4-8-16(9-5-10)12-3-7-14-11(15-12)2-6-13/h3,7,10H,2,4-6,8-9,13H2,1H3. The highest BCUT2D eigenvalue weighted by molar-refractivity contribution is 5.37. The molecule has 1 aliphatic heterocycles. The zero-order chi connectivity index (χ0) is 11.4. The predicted molar refractivity (Wildman–Crippen MR) is 65.4 cm³/mol. The van der Waals surface area contributed by atoms with Crippen LogP contribution >= 0.6 is 0 Å². The number of hydrogen-bond donors (Lipinski definition) is 1. The van der Waals surface area contributed by atoms with Crippen molar-refractivity contribution in [3.63, 3.8) is 0 Å². The monoisotopic (exact) mass is 220 g/mol. The van der Waals surface area contributed by atoms with E-state index in [0.29, 0.717) is 6.54 Å². The van der Waals surface area contributed by atoms with Crippen molar-refractivity contribution in [1.29, 1.82) is 0 Å². The second kappa shape index (κ2) is 5.25. The molecule has 16 heavy (non-hydrogen) atoms. The molecule has 0 aromatic carbocycles. The molecule has 2 heterocycles. The molecule has 0 aliphatic carbocycles. The highest BCUT2D eigenvalue weighted by Crippen LogP contribution is 2.20. The van der Waals surface area contributed by atoms with Crippen molar-refractivity contribution in [3.05, 3.63) is 18.1 Å². The molecule has 1 saturated heterocycles. The number of hydrogen-bond acceptors (Lipinski definition) is 4. The van der Waals surface area contributed by atoms with Crippen LogP contribution in [0.25, 0.3) is 0 Å². The fourth-order valence-electron chi connectivity index (χ4n) is 2.05. The van der Waals surface area contributed by atoms with Crippen LogP contribution in [0.4, 0.5) is 5.82 Å². The Bertz CT molecular complexity index is 332. The van der Waals surface area contributed by atoms with E-state index in [1.807, 2.05) is 12.3 Å². The van der Waals surface area contributed by atoms with E-state index in [-0.39, 0.29) is 0 Å². The molecule has 2 N–H and O–H groups in total. The Balaban J connectivity index is 2.05. The molecule has 4 nitrogen and oxygen atoms in total. The molecular weight excluding hydrogens is 200 g/mol. The summed E-state index contributed by atoms with van der Waals surface area (Å²) in [6.45, 7) is 5.15. The average Bonchev–Trinajstić information content (AvgIpc) is 2.31. The van der Waals surface area contributed by atoms with Crippen LogP contribution in [0.15, 0.2) is 12.3 Å². The molecule has 4 heteroatoms. The number of piperidine rings is 1. The summed E-state index contributed by atoms with van der Waals surface area (Å²) in [6.07, 6.45) is 5.12. The fraction of sp³-hybridized carbons (Fsp3) is 0.667. The first-order valence-electron chi connectivity index (χ1n) is 6.06. The number of aromatic nitrogens is 2. The van der Waals surface area contributed by atoms with Gasteiger partial charge in [-0.25, -0.2) is 9.97 Å². The van der Waals surface area contributed by atoms with Crippen molar-refractivity contribution in [2.24, 2.45) is 11.7 Å². The molecule has 1 aromatic rings. The lowest BCUT2D eigenvalue weighted by molar-refractivity contribution is 0.436. The third-order valence-corrected chi connectivity index (χ3v) is 3.17. The second-order valence-corrected chi connectivity index (χ2v) is 4.54. The molecule has 0 unspecified atom stereocenters. The zero-order valence-electron chi connectivity index (χ0n) is 9.89. The van der Waals surface area contributed by atoms with Gasteiger partial charge in [-0.15, -0.1) is 0 Å². The normalized spacial score (nSPS) is 17.8. The summed E-state index contributed by atoms with van der Waals surface area (Å²) in [5, 5.41) is 0. The SMILES string of the molecule is CC1CCN(c2ccnc(CCN)n2)CC1. The molecule has 0 radical (unpaired) electrons. The first-order valence-corrected chi connectivity index (χ1v) is 6.06. The Labute approximate surface area is 96.9 Å². The first kappa shape index (κ1) is 11.3. The summed E-state index contributed by atoms with van der Waals surface area (Å²) in [4.78, 5) is 11.1. The van der Waals surface area contributed by atoms with E-state index in [0.717, 1.165) is 37.1 Å². The van der Waals surface area contributed by atoms with Crippen LogP contribution in [0.1, 0.15) is 25.6 Å². The van der Waals surface area contributed by atoms with Gasteiger partial charge in [0.15, 0.2) is 0 Å². The minimum Gasteiger partial charge on any atom is -0.356 e. The predicted octanol–water partition coefficient (Wildman–Crippen LogP) is 1.21. The van der Waals surface area contributed by atoms with Gasteiger partial charge in [0, 0.05) is 25.7 Å². The van der Waals surface area contributed by atoms with Gasteiger partial charge in [-0.3, -0.25) is 0 Å². The minimum absolute atomic E-state index is 0.612. The van der Waals surface area contributed by atoms with Gasteiger partial charge in [0.2, 0.25) is 0 Å². The van der Waals surface area contributed by atoms with Crippen molar-refractivity contribution in [1.82, 2.24) is 9.97 Å². The maximum absolute atomic E-state index is 5.51. The van der Waals surface area contributed by atoms with Gasteiger partial charge in [0.1, 0.15) is 11.6 Å². The largest absolute Gasteiger partial charge is 0.356 e. The summed E-state index contributed by atoms with van der Waals surface area (Å²) >= 11 is 0. The van der Waals surface area contributed by atoms with Gasteiger partial charge in [-0.05, 0) is 31.4 Å². The van der Waals surface area contributed by atoms with Crippen LogP contribution in [0.2, 0.25) is 0 Å². The van der Waals surface area contributed by atoms with E-state index in [4.69, 9.17) is 5.73 Å². The smallest absolute Gasteiger partial charge is 0.132 e. The van der Waals surface area contributed by atoms with Crippen molar-refractivity contribution >= 4 is 5.82 Å². The number of rotatable bonds is 3. The molecule has 1 aliphatic rings. The maximum atomic E-state index is 5.51. The lowest BCUT2D eigenvalue weighted by Crippen LogP contribution is -2.33. The number of anilines is 1. The van der Waals surface area contributed by atoms with Gasteiger partial charge < -0.3 is 10.6 Å². The summed E-state index contributed by atoms with van der Waals surface area (Å²) < 4.78 is 0. The van der Waals surface area contributed by atoms with Crippen molar-refractivity contribution in [2.75, 3.05) is 24.5 Å². The van der Waals surface area contributed by atoms with E-state index < -0.39 is 0 Å². The summed E-state index contributed by atoms with van der Waals surface area (Å²) in [6, 6.07) is 2.00. The van der Waals surface area contributed by atoms with E-state index >= 15 is 0 Å². The van der Waals surface area contributed by atoms with E-state index in [9.17, 15) is 0 Å². The van der Waals surface area contributed by atoms with Gasteiger partial charge in [-0.2, -0.15) is 0 Å². The molecule has 1 fully saturated rings. The Hall–Kier alpha value is -1.16. The average molecular weight is 220 g/mol. The van der Waals surface area contributed by atoms with Crippen LogP contribution in [-0.4, -0.2) is 29.6 Å². The maximum Gasteiger partial charge on any atom is 0.132 e. The molecule has 0 spiro atoms. The van der Waals surface area contributed by atoms with Gasteiger partial charge in [0.05, 0.1) is 0 Å². The molecule has 0 atom stereocenters. The second-order valence-electron chi connectivity index (χ2n) is 4.54. The van der Waals surface area contributed by atoms with Crippen molar-refractivity contribution < 1.29 is 0 Å². The zero-order valence-corrected chi connectivity index (χ0v) is 9.89. The molecule has 88 valence electrons. The summed E-state index contributed by atoms with van der Waals surface area (Å²) in [7, 11) is 0. The Kier molecular flexibility index (Phi) is 3.72. The lowest BCUT2D eigenvalue weighted by atomic mass is 9.99. The first-order chi connectivity index (χ1) is 7.79. The quantitative estimate of drug-likeness (QED) is 0.832. The third kappa shape index (κ3) is 2.70. The molecule has 0 saturated carbocycles. The number of nitrogens with zero attached hydrogens (tertiary/aromatic N) is 3. The third-order valence-electron chi connectivity index (χ3n) is 3.17. The van der Waals surface area contributed by atoms with Crippen LogP contribution in [-0.2, 0) is 6.42 Å². The van der Waals surface area contributed by atoms with Crippen LogP contribution in [0, 0.1) is 5.92 Å². The molecule has 0 amide bonds. The van der Waals surface area contributed by atoms with Gasteiger partial charge in [-0.1, -0.05) is 6.92 Å². The van der Waals surface area contributed by atoms with E-state index in [2.05, 4.69) is 21.8 Å². The molecule has 0 bridgehead atoms. The molecule has 2 rings (SSSR count). The van der Waals surface area contributed by atoms with Crippen LogP contribution in [0.3, 0.4) is 0 Å².